The summed E-state index contributed by atoms with van der Waals surface area (Å²) < 4.78 is 0. The van der Waals surface area contributed by atoms with Crippen LogP contribution in [0.3, 0.4) is 0 Å². The van der Waals surface area contributed by atoms with Crippen molar-refractivity contribution in [3.63, 3.8) is 0 Å². The fourth-order valence-electron chi connectivity index (χ4n) is 3.36. The zero-order chi connectivity index (χ0) is 18.9. The van der Waals surface area contributed by atoms with Crippen molar-refractivity contribution in [2.24, 2.45) is 5.92 Å². The zero-order valence-corrected chi connectivity index (χ0v) is 15.4. The first kappa shape index (κ1) is 19.1. The standard InChI is InChI=1S/C22H26N2O3/c25-22(26)20-12-7-13-24(17-20)14-15-27-23-16-21(18-8-3-1-4-9-18)19-10-5-2-6-11-19/h1-6,8-11,16,20,23H,7,12-15,17H2,(H,25,26)/t20-/m1/s1. The van der Waals surface area contributed by atoms with E-state index in [0.717, 1.165) is 42.6 Å². The first-order valence-electron chi connectivity index (χ1n) is 9.37. The quantitative estimate of drug-likeness (QED) is 0.554. The van der Waals surface area contributed by atoms with E-state index < -0.39 is 5.97 Å². The van der Waals surface area contributed by atoms with Gasteiger partial charge in [0.05, 0.1) is 12.5 Å². The van der Waals surface area contributed by atoms with Crippen LogP contribution in [0, 0.1) is 5.92 Å². The molecule has 2 aromatic carbocycles. The molecule has 3 rings (SSSR count). The Hall–Kier alpha value is -2.63. The van der Waals surface area contributed by atoms with Gasteiger partial charge in [-0.05, 0) is 30.5 Å². The van der Waals surface area contributed by atoms with Gasteiger partial charge in [0.15, 0.2) is 0 Å². The Kier molecular flexibility index (Phi) is 7.02. The molecule has 0 aliphatic carbocycles. The van der Waals surface area contributed by atoms with Crippen LogP contribution in [0.15, 0.2) is 66.9 Å². The molecule has 1 aliphatic heterocycles. The summed E-state index contributed by atoms with van der Waals surface area (Å²) in [6.45, 7) is 2.76. The fourth-order valence-corrected chi connectivity index (χ4v) is 3.36. The van der Waals surface area contributed by atoms with Gasteiger partial charge < -0.3 is 10.0 Å². The van der Waals surface area contributed by atoms with E-state index in [1.807, 2.05) is 42.6 Å². The highest BCUT2D eigenvalue weighted by atomic mass is 16.6. The number of likely N-dealkylation sites (tertiary alicyclic amines) is 1. The van der Waals surface area contributed by atoms with Gasteiger partial charge in [0, 0.05) is 24.9 Å². The van der Waals surface area contributed by atoms with Crippen LogP contribution in [-0.4, -0.2) is 42.2 Å². The Morgan fingerprint density at radius 2 is 1.74 bits per heavy atom. The van der Waals surface area contributed by atoms with Crippen molar-refractivity contribution in [2.45, 2.75) is 12.8 Å². The highest BCUT2D eigenvalue weighted by molar-refractivity contribution is 5.79. The zero-order valence-electron chi connectivity index (χ0n) is 15.4. The molecule has 2 N–H and O–H groups in total. The Morgan fingerprint density at radius 3 is 2.33 bits per heavy atom. The van der Waals surface area contributed by atoms with Gasteiger partial charge in [-0.25, -0.2) is 0 Å². The summed E-state index contributed by atoms with van der Waals surface area (Å²) >= 11 is 0. The monoisotopic (exact) mass is 366 g/mol. The largest absolute Gasteiger partial charge is 0.481 e. The maximum Gasteiger partial charge on any atom is 0.307 e. The first-order valence-corrected chi connectivity index (χ1v) is 9.37. The van der Waals surface area contributed by atoms with Crippen molar-refractivity contribution in [3.05, 3.63) is 78.0 Å². The molecule has 142 valence electrons. The van der Waals surface area contributed by atoms with E-state index in [9.17, 15) is 4.79 Å². The number of hydrogen-bond donors (Lipinski definition) is 2. The van der Waals surface area contributed by atoms with Crippen LogP contribution in [0.4, 0.5) is 0 Å². The van der Waals surface area contributed by atoms with Crippen molar-refractivity contribution in [3.8, 4) is 0 Å². The molecule has 0 spiro atoms. The molecule has 2 aromatic rings. The third-order valence-corrected chi connectivity index (χ3v) is 4.82. The number of carbonyl (C=O) groups is 1. The molecule has 5 nitrogen and oxygen atoms in total. The van der Waals surface area contributed by atoms with Crippen LogP contribution in [0.5, 0.6) is 0 Å². The lowest BCUT2D eigenvalue weighted by atomic mass is 9.98. The van der Waals surface area contributed by atoms with E-state index >= 15 is 0 Å². The van der Waals surface area contributed by atoms with Crippen molar-refractivity contribution < 1.29 is 14.7 Å². The van der Waals surface area contributed by atoms with Crippen molar-refractivity contribution in [1.29, 1.82) is 0 Å². The molecule has 0 radical (unpaired) electrons. The van der Waals surface area contributed by atoms with Crippen LogP contribution >= 0.6 is 0 Å². The van der Waals surface area contributed by atoms with Crippen LogP contribution in [0.25, 0.3) is 5.57 Å². The number of piperidine rings is 1. The summed E-state index contributed by atoms with van der Waals surface area (Å²) in [7, 11) is 0. The van der Waals surface area contributed by atoms with E-state index in [4.69, 9.17) is 9.94 Å². The van der Waals surface area contributed by atoms with Crippen LogP contribution in [0.2, 0.25) is 0 Å². The first-order chi connectivity index (χ1) is 13.2. The summed E-state index contributed by atoms with van der Waals surface area (Å²) in [4.78, 5) is 18.9. The molecule has 1 fully saturated rings. The number of carboxylic acid groups (broad SMARTS) is 1. The lowest BCUT2D eigenvalue weighted by Crippen LogP contribution is -2.40. The molecular formula is C22H26N2O3. The van der Waals surface area contributed by atoms with Gasteiger partial charge in [-0.1, -0.05) is 60.7 Å². The molecule has 1 aliphatic rings. The third-order valence-electron chi connectivity index (χ3n) is 4.82. The fraction of sp³-hybridized carbons (Fsp3) is 0.318. The Bertz CT molecular complexity index is 705. The van der Waals surface area contributed by atoms with Gasteiger partial charge in [0.1, 0.15) is 0 Å². The lowest BCUT2D eigenvalue weighted by Gasteiger charge is -2.30. The van der Waals surface area contributed by atoms with E-state index in [1.54, 1.807) is 0 Å². The SMILES string of the molecule is O=C(O)[C@@H]1CCCN(CCONC=C(c2ccccc2)c2ccccc2)C1. The predicted octanol–water partition coefficient (Wildman–Crippen LogP) is 3.39. The Labute approximate surface area is 160 Å². The lowest BCUT2D eigenvalue weighted by molar-refractivity contribution is -0.143. The van der Waals surface area contributed by atoms with E-state index in [0.29, 0.717) is 13.2 Å². The second kappa shape index (κ2) is 9.90. The molecule has 27 heavy (non-hydrogen) atoms. The van der Waals surface area contributed by atoms with E-state index in [-0.39, 0.29) is 5.92 Å². The maximum absolute atomic E-state index is 11.1. The van der Waals surface area contributed by atoms with Gasteiger partial charge in [-0.15, -0.1) is 0 Å². The molecule has 0 unspecified atom stereocenters. The molecular weight excluding hydrogens is 340 g/mol. The number of hydrogen-bond acceptors (Lipinski definition) is 4. The second-order valence-electron chi connectivity index (χ2n) is 6.73. The molecule has 0 bridgehead atoms. The Balaban J connectivity index is 1.54. The van der Waals surface area contributed by atoms with Crippen LogP contribution in [-0.2, 0) is 9.63 Å². The number of benzene rings is 2. The molecule has 1 saturated heterocycles. The van der Waals surface area contributed by atoms with Gasteiger partial charge in [0.2, 0.25) is 0 Å². The minimum atomic E-state index is -0.697. The van der Waals surface area contributed by atoms with Crippen LogP contribution < -0.4 is 5.48 Å². The molecule has 1 heterocycles. The Morgan fingerprint density at radius 1 is 1.11 bits per heavy atom. The normalized spacial score (nSPS) is 17.3. The van der Waals surface area contributed by atoms with Gasteiger partial charge >= 0.3 is 5.97 Å². The minimum Gasteiger partial charge on any atom is -0.481 e. The number of hydroxylamine groups is 1. The summed E-state index contributed by atoms with van der Waals surface area (Å²) in [6, 6.07) is 20.3. The van der Waals surface area contributed by atoms with Crippen molar-refractivity contribution >= 4 is 11.5 Å². The number of nitrogens with one attached hydrogen (secondary N) is 1. The smallest absolute Gasteiger partial charge is 0.307 e. The highest BCUT2D eigenvalue weighted by Crippen LogP contribution is 2.22. The van der Waals surface area contributed by atoms with Gasteiger partial charge in [-0.3, -0.25) is 15.1 Å². The number of nitrogens with zero attached hydrogens (tertiary/aromatic N) is 1. The summed E-state index contributed by atoms with van der Waals surface area (Å²) in [5.41, 5.74) is 6.23. The highest BCUT2D eigenvalue weighted by Gasteiger charge is 2.24. The predicted molar refractivity (Wildman–Crippen MR) is 106 cm³/mol. The second-order valence-corrected chi connectivity index (χ2v) is 6.73. The average Bonchev–Trinajstić information content (AvgIpc) is 2.72. The van der Waals surface area contributed by atoms with Gasteiger partial charge in [0.25, 0.3) is 0 Å². The number of aliphatic carboxylic acids is 1. The maximum atomic E-state index is 11.1. The summed E-state index contributed by atoms with van der Waals surface area (Å²) in [5, 5.41) is 9.17. The molecule has 0 saturated carbocycles. The molecule has 0 aromatic heterocycles. The number of rotatable bonds is 8. The summed E-state index contributed by atoms with van der Waals surface area (Å²) in [5.74, 6) is -0.952. The van der Waals surface area contributed by atoms with E-state index in [2.05, 4.69) is 34.6 Å². The molecule has 0 amide bonds. The third kappa shape index (κ3) is 5.67. The average molecular weight is 366 g/mol. The van der Waals surface area contributed by atoms with Crippen LogP contribution in [0.1, 0.15) is 24.0 Å². The molecule has 1 atom stereocenters. The van der Waals surface area contributed by atoms with Crippen molar-refractivity contribution in [2.75, 3.05) is 26.2 Å². The number of carboxylic acids is 1. The topological polar surface area (TPSA) is 61.8 Å². The minimum absolute atomic E-state index is 0.255. The van der Waals surface area contributed by atoms with Gasteiger partial charge in [-0.2, -0.15) is 0 Å². The summed E-state index contributed by atoms with van der Waals surface area (Å²) in [6.07, 6.45) is 3.57. The van der Waals surface area contributed by atoms with Crippen molar-refractivity contribution in [1.82, 2.24) is 10.4 Å². The molecule has 5 heteroatoms. The van der Waals surface area contributed by atoms with E-state index in [1.165, 1.54) is 0 Å².